The number of nitrogens with two attached hydrogens (primary N) is 1. The number of Topliss-reactive ketones (excluding diaryl/α,β-unsaturated/α-hetero) is 1. The van der Waals surface area contributed by atoms with E-state index in [0.29, 0.717) is 17.0 Å². The fourth-order valence-corrected chi connectivity index (χ4v) is 1.94. The normalized spacial score (nSPS) is 11.9. The second kappa shape index (κ2) is 6.24. The predicted octanol–water partition coefficient (Wildman–Crippen LogP) is 3.48. The maximum Gasteiger partial charge on any atom is 0.202 e. The Morgan fingerprint density at radius 1 is 1.10 bits per heavy atom. The highest BCUT2D eigenvalue weighted by molar-refractivity contribution is 5.99. The lowest BCUT2D eigenvalue weighted by Gasteiger charge is -2.14. The largest absolute Gasteiger partial charge is 0.483 e. The summed E-state index contributed by atoms with van der Waals surface area (Å²) in [5.74, 6) is 0.620. The summed E-state index contributed by atoms with van der Waals surface area (Å²) < 4.78 is 5.64. The molecule has 20 heavy (non-hydrogen) atoms. The van der Waals surface area contributed by atoms with Crippen LogP contribution in [0.2, 0.25) is 0 Å². The smallest absolute Gasteiger partial charge is 0.202 e. The van der Waals surface area contributed by atoms with Crippen molar-refractivity contribution in [2.45, 2.75) is 26.4 Å². The molecule has 1 unspecified atom stereocenters. The average molecular weight is 269 g/mol. The van der Waals surface area contributed by atoms with Crippen LogP contribution in [0, 0.1) is 0 Å². The van der Waals surface area contributed by atoms with E-state index in [1.165, 1.54) is 5.56 Å². The molecule has 3 heteroatoms. The summed E-state index contributed by atoms with van der Waals surface area (Å²) in [5, 5.41) is 0. The van der Waals surface area contributed by atoms with E-state index in [1.807, 2.05) is 24.3 Å². The fraction of sp³-hybridized carbons (Fsp3) is 0.235. The number of hydrogen-bond acceptors (Lipinski definition) is 3. The van der Waals surface area contributed by atoms with Crippen molar-refractivity contribution in [2.24, 2.45) is 0 Å². The maximum atomic E-state index is 12.3. The monoisotopic (exact) mass is 269 g/mol. The summed E-state index contributed by atoms with van der Waals surface area (Å²) in [5.41, 5.74) is 8.17. The third-order valence-electron chi connectivity index (χ3n) is 3.21. The number of rotatable bonds is 5. The van der Waals surface area contributed by atoms with Crippen LogP contribution < -0.4 is 10.5 Å². The number of ether oxygens (including phenoxy) is 1. The molecule has 2 aromatic carbocycles. The summed E-state index contributed by atoms with van der Waals surface area (Å²) >= 11 is 0. The van der Waals surface area contributed by atoms with Crippen LogP contribution in [-0.2, 0) is 6.42 Å². The van der Waals surface area contributed by atoms with Crippen molar-refractivity contribution in [1.82, 2.24) is 0 Å². The Balaban J connectivity index is 2.05. The first-order valence-corrected chi connectivity index (χ1v) is 6.75. The molecule has 2 aromatic rings. The summed E-state index contributed by atoms with van der Waals surface area (Å²) in [6.07, 6.45) is 0.442. The zero-order valence-corrected chi connectivity index (χ0v) is 11.8. The Bertz CT molecular complexity index is 573. The van der Waals surface area contributed by atoms with Gasteiger partial charge in [0.15, 0.2) is 6.10 Å². The van der Waals surface area contributed by atoms with Crippen molar-refractivity contribution in [3.63, 3.8) is 0 Å². The second-order valence-corrected chi connectivity index (χ2v) is 4.74. The molecule has 0 amide bonds. The Labute approximate surface area is 119 Å². The molecule has 0 aliphatic rings. The van der Waals surface area contributed by atoms with Gasteiger partial charge in [-0.3, -0.25) is 4.79 Å². The van der Waals surface area contributed by atoms with Gasteiger partial charge in [-0.15, -0.1) is 0 Å². The highest BCUT2D eigenvalue weighted by Crippen LogP contribution is 2.17. The summed E-state index contributed by atoms with van der Waals surface area (Å²) in [6, 6.07) is 14.7. The minimum absolute atomic E-state index is 0.0236. The van der Waals surface area contributed by atoms with Crippen LogP contribution in [0.25, 0.3) is 0 Å². The zero-order valence-electron chi connectivity index (χ0n) is 11.8. The van der Waals surface area contributed by atoms with Crippen LogP contribution in [0.1, 0.15) is 29.8 Å². The third kappa shape index (κ3) is 3.38. The van der Waals surface area contributed by atoms with E-state index in [9.17, 15) is 4.79 Å². The molecule has 1 atom stereocenters. The molecule has 0 bridgehead atoms. The Morgan fingerprint density at radius 2 is 1.70 bits per heavy atom. The Kier molecular flexibility index (Phi) is 4.41. The summed E-state index contributed by atoms with van der Waals surface area (Å²) in [6.45, 7) is 3.84. The van der Waals surface area contributed by atoms with Crippen LogP contribution in [-0.4, -0.2) is 11.9 Å². The maximum absolute atomic E-state index is 12.3. The van der Waals surface area contributed by atoms with E-state index < -0.39 is 6.10 Å². The van der Waals surface area contributed by atoms with E-state index in [2.05, 4.69) is 6.92 Å². The minimum Gasteiger partial charge on any atom is -0.483 e. The van der Waals surface area contributed by atoms with Crippen molar-refractivity contribution in [2.75, 3.05) is 5.73 Å². The van der Waals surface area contributed by atoms with Crippen molar-refractivity contribution in [1.29, 1.82) is 0 Å². The molecule has 0 heterocycles. The van der Waals surface area contributed by atoms with E-state index in [0.717, 1.165) is 6.42 Å². The quantitative estimate of drug-likeness (QED) is 0.668. The zero-order chi connectivity index (χ0) is 14.5. The topological polar surface area (TPSA) is 52.3 Å². The number of hydrogen-bond donors (Lipinski definition) is 1. The summed E-state index contributed by atoms with van der Waals surface area (Å²) in [7, 11) is 0. The lowest BCUT2D eigenvalue weighted by Crippen LogP contribution is -2.23. The number of ketones is 1. The molecule has 0 aliphatic carbocycles. The molecule has 0 spiro atoms. The molecule has 0 saturated carbocycles. The number of benzene rings is 2. The molecule has 0 radical (unpaired) electrons. The van der Waals surface area contributed by atoms with Gasteiger partial charge in [-0.2, -0.15) is 0 Å². The standard InChI is InChI=1S/C17H19NO2/c1-3-13-4-6-14(7-5-13)17(19)12(2)20-16-10-8-15(18)9-11-16/h4-12H,3,18H2,1-2H3. The van der Waals surface area contributed by atoms with Gasteiger partial charge in [0.2, 0.25) is 5.78 Å². The van der Waals surface area contributed by atoms with Gasteiger partial charge >= 0.3 is 0 Å². The van der Waals surface area contributed by atoms with Gasteiger partial charge in [0, 0.05) is 11.3 Å². The van der Waals surface area contributed by atoms with Crippen LogP contribution in [0.5, 0.6) is 5.75 Å². The number of carbonyl (C=O) groups excluding carboxylic acids is 1. The van der Waals surface area contributed by atoms with Crippen molar-refractivity contribution < 1.29 is 9.53 Å². The van der Waals surface area contributed by atoms with Crippen molar-refractivity contribution in [3.8, 4) is 5.75 Å². The van der Waals surface area contributed by atoms with Gasteiger partial charge in [0.05, 0.1) is 0 Å². The molecular formula is C17H19NO2. The van der Waals surface area contributed by atoms with Gasteiger partial charge < -0.3 is 10.5 Å². The molecule has 0 aromatic heterocycles. The van der Waals surface area contributed by atoms with Crippen molar-refractivity contribution >= 4 is 11.5 Å². The van der Waals surface area contributed by atoms with E-state index in [-0.39, 0.29) is 5.78 Å². The highest BCUT2D eigenvalue weighted by atomic mass is 16.5. The first-order chi connectivity index (χ1) is 9.60. The van der Waals surface area contributed by atoms with E-state index >= 15 is 0 Å². The van der Waals surface area contributed by atoms with Gasteiger partial charge in [-0.05, 0) is 43.2 Å². The molecule has 0 aliphatic heterocycles. The lowest BCUT2D eigenvalue weighted by molar-refractivity contribution is 0.0818. The SMILES string of the molecule is CCc1ccc(C(=O)C(C)Oc2ccc(N)cc2)cc1. The molecule has 2 N–H and O–H groups in total. The van der Waals surface area contributed by atoms with Crippen LogP contribution >= 0.6 is 0 Å². The van der Waals surface area contributed by atoms with Gasteiger partial charge in [-0.1, -0.05) is 31.2 Å². The van der Waals surface area contributed by atoms with E-state index in [4.69, 9.17) is 10.5 Å². The van der Waals surface area contributed by atoms with Crippen molar-refractivity contribution in [3.05, 3.63) is 59.7 Å². The number of nitrogen functional groups attached to an aromatic ring is 1. The summed E-state index contributed by atoms with van der Waals surface area (Å²) in [4.78, 5) is 12.3. The molecule has 0 fully saturated rings. The fourth-order valence-electron chi connectivity index (χ4n) is 1.94. The Morgan fingerprint density at radius 3 is 2.25 bits per heavy atom. The molecule has 104 valence electrons. The number of carbonyl (C=O) groups is 1. The van der Waals surface area contributed by atoms with Gasteiger partial charge in [0.1, 0.15) is 5.75 Å². The number of aryl methyl sites for hydroxylation is 1. The van der Waals surface area contributed by atoms with Crippen LogP contribution in [0.15, 0.2) is 48.5 Å². The first kappa shape index (κ1) is 14.1. The first-order valence-electron chi connectivity index (χ1n) is 6.75. The molecule has 0 saturated heterocycles. The molecular weight excluding hydrogens is 250 g/mol. The Hall–Kier alpha value is -2.29. The van der Waals surface area contributed by atoms with Crippen LogP contribution in [0.3, 0.4) is 0 Å². The van der Waals surface area contributed by atoms with E-state index in [1.54, 1.807) is 31.2 Å². The van der Waals surface area contributed by atoms with Gasteiger partial charge in [-0.25, -0.2) is 0 Å². The average Bonchev–Trinajstić information content (AvgIpc) is 2.49. The molecule has 2 rings (SSSR count). The predicted molar refractivity (Wildman–Crippen MR) is 81.1 cm³/mol. The second-order valence-electron chi connectivity index (χ2n) is 4.74. The molecule has 3 nitrogen and oxygen atoms in total. The third-order valence-corrected chi connectivity index (χ3v) is 3.21. The van der Waals surface area contributed by atoms with Crippen LogP contribution in [0.4, 0.5) is 5.69 Å². The number of anilines is 1. The highest BCUT2D eigenvalue weighted by Gasteiger charge is 2.16. The minimum atomic E-state index is -0.522. The van der Waals surface area contributed by atoms with Gasteiger partial charge in [0.25, 0.3) is 0 Å². The lowest BCUT2D eigenvalue weighted by atomic mass is 10.0.